The van der Waals surface area contributed by atoms with Crippen molar-refractivity contribution in [2.24, 2.45) is 0 Å². The average molecular weight is 456 g/mol. The molecule has 2 N–H and O–H groups in total. The van der Waals surface area contributed by atoms with Crippen LogP contribution in [0.4, 0.5) is 17.3 Å². The van der Waals surface area contributed by atoms with Gasteiger partial charge in [-0.15, -0.1) is 0 Å². The number of carbonyl (C=O) groups excluding carboxylic acids is 1. The van der Waals surface area contributed by atoms with Gasteiger partial charge in [0.25, 0.3) is 0 Å². The third-order valence-electron chi connectivity index (χ3n) is 6.70. The Morgan fingerprint density at radius 3 is 2.47 bits per heavy atom. The van der Waals surface area contributed by atoms with Crippen LogP contribution in [0.25, 0.3) is 0 Å². The highest BCUT2D eigenvalue weighted by atomic mass is 35.5. The summed E-state index contributed by atoms with van der Waals surface area (Å²) in [7, 11) is 0. The van der Waals surface area contributed by atoms with Gasteiger partial charge >= 0.3 is 0 Å². The summed E-state index contributed by atoms with van der Waals surface area (Å²) >= 11 is 6.17. The number of aromatic nitrogens is 2. The number of piperazine rings is 1. The van der Waals surface area contributed by atoms with E-state index in [-0.39, 0.29) is 12.5 Å². The van der Waals surface area contributed by atoms with Gasteiger partial charge in [0.05, 0.1) is 6.54 Å². The van der Waals surface area contributed by atoms with Crippen LogP contribution in [0.15, 0.2) is 30.6 Å². The lowest BCUT2D eigenvalue weighted by atomic mass is 10.0. The standard InChI is InChI=1S/C23H30ClN7O/c24-18-6-4-17(5-7-18)19(15-29-8-2-1-3-9-29)30-10-12-31(13-11-30)23-21-22(26-16-27-23)25-14-20(32)28-21/h4-7,16,19H,1-3,8-15H2,(H,28,32)(H,25,26,27). The Morgan fingerprint density at radius 2 is 1.72 bits per heavy atom. The van der Waals surface area contributed by atoms with E-state index in [9.17, 15) is 4.79 Å². The van der Waals surface area contributed by atoms with Crippen LogP contribution in [-0.2, 0) is 4.79 Å². The number of hydrogen-bond acceptors (Lipinski definition) is 7. The van der Waals surface area contributed by atoms with Gasteiger partial charge in [-0.2, -0.15) is 0 Å². The Morgan fingerprint density at radius 1 is 0.969 bits per heavy atom. The summed E-state index contributed by atoms with van der Waals surface area (Å²) in [4.78, 5) is 28.1. The van der Waals surface area contributed by atoms with E-state index >= 15 is 0 Å². The molecule has 170 valence electrons. The van der Waals surface area contributed by atoms with Crippen molar-refractivity contribution in [3.8, 4) is 0 Å². The molecule has 0 aliphatic carbocycles. The Balaban J connectivity index is 1.31. The van der Waals surface area contributed by atoms with Gasteiger partial charge in [0, 0.05) is 43.8 Å². The second-order valence-electron chi connectivity index (χ2n) is 8.77. The second kappa shape index (κ2) is 9.60. The van der Waals surface area contributed by atoms with Gasteiger partial charge in [0.2, 0.25) is 5.91 Å². The fourth-order valence-electron chi connectivity index (χ4n) is 4.96. The quantitative estimate of drug-likeness (QED) is 0.717. The minimum Gasteiger partial charge on any atom is -0.359 e. The van der Waals surface area contributed by atoms with Gasteiger partial charge in [0.1, 0.15) is 12.0 Å². The lowest BCUT2D eigenvalue weighted by molar-refractivity contribution is -0.114. The van der Waals surface area contributed by atoms with Gasteiger partial charge in [0.15, 0.2) is 11.6 Å². The molecule has 1 aromatic heterocycles. The van der Waals surface area contributed by atoms with E-state index in [4.69, 9.17) is 11.6 Å². The highest BCUT2D eigenvalue weighted by Gasteiger charge is 2.30. The number of halogens is 1. The SMILES string of the molecule is O=C1CNc2ncnc(N3CCN(C(CN4CCCCC4)c4ccc(Cl)cc4)CC3)c2N1. The fraction of sp³-hybridized carbons (Fsp3) is 0.522. The van der Waals surface area contributed by atoms with Crippen LogP contribution in [0, 0.1) is 0 Å². The third kappa shape index (κ3) is 4.67. The van der Waals surface area contributed by atoms with Crippen LogP contribution in [0.3, 0.4) is 0 Å². The lowest BCUT2D eigenvalue weighted by Gasteiger charge is -2.42. The molecule has 0 bridgehead atoms. The molecule has 0 radical (unpaired) electrons. The number of benzene rings is 1. The maximum Gasteiger partial charge on any atom is 0.243 e. The van der Waals surface area contributed by atoms with Crippen molar-refractivity contribution in [2.45, 2.75) is 25.3 Å². The molecule has 0 saturated carbocycles. The number of rotatable bonds is 5. The van der Waals surface area contributed by atoms with Crippen LogP contribution < -0.4 is 15.5 Å². The monoisotopic (exact) mass is 455 g/mol. The Labute approximate surface area is 193 Å². The Hall–Kier alpha value is -2.42. The van der Waals surface area contributed by atoms with E-state index < -0.39 is 0 Å². The molecule has 3 aliphatic rings. The summed E-state index contributed by atoms with van der Waals surface area (Å²) < 4.78 is 0. The number of amides is 1. The van der Waals surface area contributed by atoms with Crippen LogP contribution in [-0.4, -0.2) is 78.0 Å². The molecular formula is C23H30ClN7O. The molecule has 1 atom stereocenters. The number of anilines is 3. The molecule has 1 aromatic carbocycles. The van der Waals surface area contributed by atoms with Gasteiger partial charge in [-0.25, -0.2) is 9.97 Å². The second-order valence-corrected chi connectivity index (χ2v) is 9.21. The molecule has 5 rings (SSSR count). The van der Waals surface area contributed by atoms with Gasteiger partial charge < -0.3 is 20.4 Å². The molecular weight excluding hydrogens is 426 g/mol. The minimum atomic E-state index is -0.0588. The first-order chi connectivity index (χ1) is 15.7. The van der Waals surface area contributed by atoms with Crippen molar-refractivity contribution in [1.82, 2.24) is 19.8 Å². The summed E-state index contributed by atoms with van der Waals surface area (Å²) in [5.41, 5.74) is 2.02. The molecule has 8 nitrogen and oxygen atoms in total. The predicted molar refractivity (Wildman–Crippen MR) is 127 cm³/mol. The maximum absolute atomic E-state index is 11.9. The van der Waals surface area contributed by atoms with Crippen molar-refractivity contribution in [3.63, 3.8) is 0 Å². The molecule has 2 aromatic rings. The van der Waals surface area contributed by atoms with Gasteiger partial charge in [-0.05, 0) is 43.6 Å². The zero-order chi connectivity index (χ0) is 21.9. The molecule has 32 heavy (non-hydrogen) atoms. The topological polar surface area (TPSA) is 76.6 Å². The van der Waals surface area contributed by atoms with E-state index in [1.54, 1.807) is 6.33 Å². The van der Waals surface area contributed by atoms with E-state index in [1.807, 2.05) is 12.1 Å². The largest absolute Gasteiger partial charge is 0.359 e. The summed E-state index contributed by atoms with van der Waals surface area (Å²) in [5, 5.41) is 6.80. The number of piperidine rings is 1. The summed E-state index contributed by atoms with van der Waals surface area (Å²) in [6, 6.07) is 8.68. The molecule has 1 unspecified atom stereocenters. The zero-order valence-electron chi connectivity index (χ0n) is 18.3. The van der Waals surface area contributed by atoms with Crippen LogP contribution in [0.2, 0.25) is 5.02 Å². The summed E-state index contributed by atoms with van der Waals surface area (Å²) in [6.45, 7) is 7.23. The molecule has 0 spiro atoms. The minimum absolute atomic E-state index is 0.0588. The molecule has 2 fully saturated rings. The molecule has 9 heteroatoms. The maximum atomic E-state index is 11.9. The first-order valence-electron chi connectivity index (χ1n) is 11.5. The number of fused-ring (bicyclic) bond motifs is 1. The smallest absolute Gasteiger partial charge is 0.243 e. The number of hydrogen-bond donors (Lipinski definition) is 2. The van der Waals surface area contributed by atoms with E-state index in [0.29, 0.717) is 17.5 Å². The molecule has 3 aliphatic heterocycles. The first kappa shape index (κ1) is 21.4. The third-order valence-corrected chi connectivity index (χ3v) is 6.95. The van der Waals surface area contributed by atoms with E-state index in [0.717, 1.165) is 43.6 Å². The van der Waals surface area contributed by atoms with E-state index in [1.165, 1.54) is 37.9 Å². The van der Waals surface area contributed by atoms with Crippen LogP contribution in [0.5, 0.6) is 0 Å². The van der Waals surface area contributed by atoms with Crippen LogP contribution in [0.1, 0.15) is 30.9 Å². The number of likely N-dealkylation sites (tertiary alicyclic amines) is 1. The molecule has 2 saturated heterocycles. The van der Waals surface area contributed by atoms with Crippen molar-refractivity contribution < 1.29 is 4.79 Å². The molecule has 4 heterocycles. The van der Waals surface area contributed by atoms with Crippen molar-refractivity contribution in [1.29, 1.82) is 0 Å². The van der Waals surface area contributed by atoms with Gasteiger partial charge in [-0.1, -0.05) is 30.2 Å². The number of nitrogens with one attached hydrogen (secondary N) is 2. The predicted octanol–water partition coefficient (Wildman–Crippen LogP) is 2.84. The lowest BCUT2D eigenvalue weighted by Crippen LogP contribution is -2.50. The number of nitrogens with zero attached hydrogens (tertiary/aromatic N) is 5. The van der Waals surface area contributed by atoms with Crippen LogP contribution >= 0.6 is 11.6 Å². The fourth-order valence-corrected chi connectivity index (χ4v) is 5.09. The highest BCUT2D eigenvalue weighted by molar-refractivity contribution is 6.30. The average Bonchev–Trinajstić information content (AvgIpc) is 2.84. The van der Waals surface area contributed by atoms with Crippen molar-refractivity contribution in [2.75, 3.05) is 67.9 Å². The number of carbonyl (C=O) groups is 1. The van der Waals surface area contributed by atoms with Crippen molar-refractivity contribution >= 4 is 34.8 Å². The summed E-state index contributed by atoms with van der Waals surface area (Å²) in [6.07, 6.45) is 5.49. The van der Waals surface area contributed by atoms with Gasteiger partial charge in [-0.3, -0.25) is 9.69 Å². The normalized spacial score (nSPS) is 20.9. The first-order valence-corrected chi connectivity index (χ1v) is 11.9. The Bertz CT molecular complexity index is 940. The van der Waals surface area contributed by atoms with E-state index in [2.05, 4.69) is 47.4 Å². The zero-order valence-corrected chi connectivity index (χ0v) is 19.0. The summed E-state index contributed by atoms with van der Waals surface area (Å²) in [5.74, 6) is 1.44. The van der Waals surface area contributed by atoms with Crippen molar-refractivity contribution in [3.05, 3.63) is 41.2 Å². The Kier molecular flexibility index (Phi) is 6.43. The highest BCUT2D eigenvalue weighted by Crippen LogP contribution is 2.33. The molecule has 1 amide bonds.